The molecule has 0 saturated carbocycles. The maximum Gasteiger partial charge on any atom is 0.244 e. The SMILES string of the molecule is CC(C)(C)C(=O)Nc1ccc(NC(=O)CN2CSCC2=O)cc1. The number of anilines is 2. The van der Waals surface area contributed by atoms with E-state index in [9.17, 15) is 14.4 Å². The lowest BCUT2D eigenvalue weighted by atomic mass is 9.95. The average Bonchev–Trinajstić information content (AvgIpc) is 2.85. The maximum absolute atomic E-state index is 11.9. The van der Waals surface area contributed by atoms with E-state index in [1.807, 2.05) is 20.8 Å². The summed E-state index contributed by atoms with van der Waals surface area (Å²) in [6.45, 7) is 5.59. The normalized spacial score (nSPS) is 14.7. The van der Waals surface area contributed by atoms with Crippen molar-refractivity contribution in [2.45, 2.75) is 20.8 Å². The second kappa shape index (κ2) is 7.04. The fourth-order valence-electron chi connectivity index (χ4n) is 1.87. The number of amides is 3. The molecule has 0 atom stereocenters. The van der Waals surface area contributed by atoms with Crippen LogP contribution in [0.5, 0.6) is 0 Å². The number of rotatable bonds is 4. The van der Waals surface area contributed by atoms with Crippen molar-refractivity contribution in [1.29, 1.82) is 0 Å². The quantitative estimate of drug-likeness (QED) is 0.884. The van der Waals surface area contributed by atoms with Crippen molar-refractivity contribution in [2.24, 2.45) is 5.41 Å². The molecule has 23 heavy (non-hydrogen) atoms. The van der Waals surface area contributed by atoms with Gasteiger partial charge < -0.3 is 15.5 Å². The number of nitrogens with zero attached hydrogens (tertiary/aromatic N) is 1. The van der Waals surface area contributed by atoms with Crippen LogP contribution < -0.4 is 10.6 Å². The van der Waals surface area contributed by atoms with Crippen molar-refractivity contribution < 1.29 is 14.4 Å². The highest BCUT2D eigenvalue weighted by atomic mass is 32.2. The van der Waals surface area contributed by atoms with Crippen LogP contribution in [0.4, 0.5) is 11.4 Å². The summed E-state index contributed by atoms with van der Waals surface area (Å²) in [5.41, 5.74) is 0.838. The van der Waals surface area contributed by atoms with E-state index in [-0.39, 0.29) is 24.3 Å². The number of hydrogen-bond acceptors (Lipinski definition) is 4. The van der Waals surface area contributed by atoms with E-state index in [0.717, 1.165) is 0 Å². The summed E-state index contributed by atoms with van der Waals surface area (Å²) in [4.78, 5) is 36.8. The van der Waals surface area contributed by atoms with Gasteiger partial charge in [0.05, 0.1) is 11.6 Å². The third kappa shape index (κ3) is 4.99. The van der Waals surface area contributed by atoms with Gasteiger partial charge in [-0.3, -0.25) is 14.4 Å². The average molecular weight is 335 g/mol. The Kier molecular flexibility index (Phi) is 5.30. The zero-order chi connectivity index (χ0) is 17.0. The first-order valence-corrected chi connectivity index (χ1v) is 8.48. The topological polar surface area (TPSA) is 78.5 Å². The zero-order valence-electron chi connectivity index (χ0n) is 13.5. The standard InChI is InChI=1S/C16H21N3O3S/c1-16(2,3)15(22)18-12-6-4-11(5-7-12)17-13(20)8-19-10-23-9-14(19)21/h4-7H,8-10H2,1-3H3,(H,17,20)(H,18,22). The Bertz CT molecular complexity index is 608. The van der Waals surface area contributed by atoms with Crippen LogP contribution >= 0.6 is 11.8 Å². The van der Waals surface area contributed by atoms with Gasteiger partial charge in [-0.2, -0.15) is 0 Å². The molecule has 1 aromatic rings. The number of hydrogen-bond donors (Lipinski definition) is 2. The lowest BCUT2D eigenvalue weighted by molar-refractivity contribution is -0.130. The first kappa shape index (κ1) is 17.3. The molecule has 1 aromatic carbocycles. The maximum atomic E-state index is 11.9. The van der Waals surface area contributed by atoms with Crippen LogP contribution in [0.2, 0.25) is 0 Å². The Morgan fingerprint density at radius 3 is 2.17 bits per heavy atom. The van der Waals surface area contributed by atoms with Crippen molar-refractivity contribution in [2.75, 3.05) is 28.8 Å². The summed E-state index contributed by atoms with van der Waals surface area (Å²) in [7, 11) is 0. The Balaban J connectivity index is 1.88. The van der Waals surface area contributed by atoms with Crippen LogP contribution in [-0.4, -0.2) is 40.8 Å². The van der Waals surface area contributed by atoms with Crippen molar-refractivity contribution in [3.05, 3.63) is 24.3 Å². The molecule has 124 valence electrons. The van der Waals surface area contributed by atoms with Gasteiger partial charge in [0.15, 0.2) is 0 Å². The fraction of sp³-hybridized carbons (Fsp3) is 0.438. The molecule has 0 radical (unpaired) electrons. The van der Waals surface area contributed by atoms with Crippen molar-refractivity contribution in [3.8, 4) is 0 Å². The smallest absolute Gasteiger partial charge is 0.244 e. The minimum Gasteiger partial charge on any atom is -0.326 e. The summed E-state index contributed by atoms with van der Waals surface area (Å²) < 4.78 is 0. The molecule has 6 nitrogen and oxygen atoms in total. The van der Waals surface area contributed by atoms with Crippen LogP contribution in [0.15, 0.2) is 24.3 Å². The highest BCUT2D eigenvalue weighted by Gasteiger charge is 2.23. The molecule has 7 heteroatoms. The molecule has 0 aromatic heterocycles. The number of carbonyl (C=O) groups excluding carboxylic acids is 3. The van der Waals surface area contributed by atoms with Crippen LogP contribution in [-0.2, 0) is 14.4 Å². The van der Waals surface area contributed by atoms with Crippen LogP contribution in [0.3, 0.4) is 0 Å². The molecule has 0 bridgehead atoms. The van der Waals surface area contributed by atoms with Gasteiger partial charge in [-0.15, -0.1) is 11.8 Å². The second-order valence-electron chi connectivity index (χ2n) is 6.40. The first-order chi connectivity index (χ1) is 10.8. The lowest BCUT2D eigenvalue weighted by Crippen LogP contribution is -2.34. The zero-order valence-corrected chi connectivity index (χ0v) is 14.3. The van der Waals surface area contributed by atoms with E-state index in [0.29, 0.717) is 23.0 Å². The van der Waals surface area contributed by atoms with Crippen LogP contribution in [0.1, 0.15) is 20.8 Å². The number of nitrogens with one attached hydrogen (secondary N) is 2. The van der Waals surface area contributed by atoms with Crippen molar-refractivity contribution in [1.82, 2.24) is 4.90 Å². The van der Waals surface area contributed by atoms with Gasteiger partial charge >= 0.3 is 0 Å². The van der Waals surface area contributed by atoms with Gasteiger partial charge in [-0.1, -0.05) is 20.8 Å². The van der Waals surface area contributed by atoms with Gasteiger partial charge in [-0.05, 0) is 24.3 Å². The summed E-state index contributed by atoms with van der Waals surface area (Å²) >= 11 is 1.50. The third-order valence-electron chi connectivity index (χ3n) is 3.27. The molecule has 0 aliphatic carbocycles. The molecule has 2 N–H and O–H groups in total. The molecule has 2 rings (SSSR count). The minimum absolute atomic E-state index is 0.00890. The predicted molar refractivity (Wildman–Crippen MR) is 92.2 cm³/mol. The summed E-state index contributed by atoms with van der Waals surface area (Å²) in [5.74, 6) is 0.691. The number of thioether (sulfide) groups is 1. The Hall–Kier alpha value is -2.02. The number of benzene rings is 1. The molecule has 1 heterocycles. The lowest BCUT2D eigenvalue weighted by Gasteiger charge is -2.18. The van der Waals surface area contributed by atoms with E-state index in [2.05, 4.69) is 10.6 Å². The predicted octanol–water partition coefficient (Wildman–Crippen LogP) is 2.14. The Morgan fingerprint density at radius 1 is 1.13 bits per heavy atom. The molecule has 0 unspecified atom stereocenters. The largest absolute Gasteiger partial charge is 0.326 e. The molecule has 1 fully saturated rings. The first-order valence-electron chi connectivity index (χ1n) is 7.32. The second-order valence-corrected chi connectivity index (χ2v) is 7.35. The minimum atomic E-state index is -0.465. The van der Waals surface area contributed by atoms with Gasteiger partial charge in [0.2, 0.25) is 17.7 Å². The third-order valence-corrected chi connectivity index (χ3v) is 4.21. The Labute approximate surface area is 140 Å². The van der Waals surface area contributed by atoms with Gasteiger partial charge in [0, 0.05) is 16.8 Å². The van der Waals surface area contributed by atoms with Gasteiger partial charge in [-0.25, -0.2) is 0 Å². The van der Waals surface area contributed by atoms with Crippen LogP contribution in [0, 0.1) is 5.41 Å². The van der Waals surface area contributed by atoms with E-state index in [1.165, 1.54) is 16.7 Å². The molecule has 1 saturated heterocycles. The Morgan fingerprint density at radius 2 is 1.70 bits per heavy atom. The molecule has 0 spiro atoms. The van der Waals surface area contributed by atoms with E-state index in [1.54, 1.807) is 24.3 Å². The highest BCUT2D eigenvalue weighted by Crippen LogP contribution is 2.19. The van der Waals surface area contributed by atoms with E-state index >= 15 is 0 Å². The summed E-state index contributed by atoms with van der Waals surface area (Å²) in [6.07, 6.45) is 0. The van der Waals surface area contributed by atoms with Gasteiger partial charge in [0.1, 0.15) is 6.54 Å². The molecule has 3 amide bonds. The van der Waals surface area contributed by atoms with E-state index in [4.69, 9.17) is 0 Å². The summed E-state index contributed by atoms with van der Waals surface area (Å²) in [5, 5.41) is 5.57. The molecular formula is C16H21N3O3S. The summed E-state index contributed by atoms with van der Waals surface area (Å²) in [6, 6.07) is 6.90. The van der Waals surface area contributed by atoms with Crippen molar-refractivity contribution in [3.63, 3.8) is 0 Å². The number of carbonyl (C=O) groups is 3. The highest BCUT2D eigenvalue weighted by molar-refractivity contribution is 8.00. The van der Waals surface area contributed by atoms with Crippen LogP contribution in [0.25, 0.3) is 0 Å². The molecule has 1 aliphatic rings. The van der Waals surface area contributed by atoms with Crippen molar-refractivity contribution >= 4 is 40.9 Å². The monoisotopic (exact) mass is 335 g/mol. The fourth-order valence-corrected chi connectivity index (χ4v) is 2.77. The molecular weight excluding hydrogens is 314 g/mol. The molecule has 1 aliphatic heterocycles. The van der Waals surface area contributed by atoms with E-state index < -0.39 is 5.41 Å². The van der Waals surface area contributed by atoms with Gasteiger partial charge in [0.25, 0.3) is 0 Å².